The molecule has 0 saturated carbocycles. The SMILES string of the molecule is CCc1ccc(C(CSc2ncc(C)cn2)NC)cc1. The van der Waals surface area contributed by atoms with Crippen LogP contribution in [-0.4, -0.2) is 22.8 Å². The number of nitrogens with zero attached hydrogens (tertiary/aromatic N) is 2. The van der Waals surface area contributed by atoms with E-state index in [9.17, 15) is 0 Å². The molecule has 1 aromatic heterocycles. The summed E-state index contributed by atoms with van der Waals surface area (Å²) in [6, 6.07) is 9.13. The summed E-state index contributed by atoms with van der Waals surface area (Å²) in [5.41, 5.74) is 3.78. The molecule has 1 unspecified atom stereocenters. The second kappa shape index (κ2) is 7.41. The van der Waals surface area contributed by atoms with Crippen LogP contribution in [0.5, 0.6) is 0 Å². The molecular weight excluding hydrogens is 266 g/mol. The van der Waals surface area contributed by atoms with E-state index in [4.69, 9.17) is 0 Å². The van der Waals surface area contributed by atoms with Gasteiger partial charge < -0.3 is 5.32 Å². The monoisotopic (exact) mass is 287 g/mol. The molecule has 0 radical (unpaired) electrons. The lowest BCUT2D eigenvalue weighted by molar-refractivity contribution is 0.660. The molecule has 0 amide bonds. The minimum Gasteiger partial charge on any atom is -0.312 e. The summed E-state index contributed by atoms with van der Waals surface area (Å²) in [7, 11) is 1.99. The standard InChI is InChI=1S/C16H21N3S/c1-4-13-5-7-14(8-6-13)15(17-3)11-20-16-18-9-12(2)10-19-16/h5-10,15,17H,4,11H2,1-3H3. The largest absolute Gasteiger partial charge is 0.312 e. The van der Waals surface area contributed by atoms with Crippen LogP contribution in [0.25, 0.3) is 0 Å². The maximum atomic E-state index is 4.33. The Morgan fingerprint density at radius 3 is 2.35 bits per heavy atom. The number of hydrogen-bond donors (Lipinski definition) is 1. The molecule has 0 aliphatic heterocycles. The molecule has 20 heavy (non-hydrogen) atoms. The van der Waals surface area contributed by atoms with Gasteiger partial charge in [-0.25, -0.2) is 9.97 Å². The van der Waals surface area contributed by atoms with Gasteiger partial charge in [0.15, 0.2) is 5.16 Å². The average molecular weight is 287 g/mol. The summed E-state index contributed by atoms with van der Waals surface area (Å²) in [6.45, 7) is 4.18. The summed E-state index contributed by atoms with van der Waals surface area (Å²) >= 11 is 1.68. The minimum absolute atomic E-state index is 0.316. The third-order valence-electron chi connectivity index (χ3n) is 3.28. The van der Waals surface area contributed by atoms with Crippen LogP contribution in [0.4, 0.5) is 0 Å². The van der Waals surface area contributed by atoms with Crippen molar-refractivity contribution < 1.29 is 0 Å². The first-order chi connectivity index (χ1) is 9.72. The van der Waals surface area contributed by atoms with Gasteiger partial charge in [-0.05, 0) is 37.1 Å². The van der Waals surface area contributed by atoms with Gasteiger partial charge >= 0.3 is 0 Å². The predicted octanol–water partition coefficient (Wildman–Crippen LogP) is 3.40. The highest BCUT2D eigenvalue weighted by Gasteiger charge is 2.10. The van der Waals surface area contributed by atoms with E-state index >= 15 is 0 Å². The van der Waals surface area contributed by atoms with Gasteiger partial charge in [0.05, 0.1) is 0 Å². The number of hydrogen-bond acceptors (Lipinski definition) is 4. The zero-order valence-corrected chi connectivity index (χ0v) is 13.1. The third-order valence-corrected chi connectivity index (χ3v) is 4.24. The third kappa shape index (κ3) is 4.05. The fraction of sp³-hybridized carbons (Fsp3) is 0.375. The van der Waals surface area contributed by atoms with Crippen LogP contribution in [0.3, 0.4) is 0 Å². The molecule has 0 bridgehead atoms. The highest BCUT2D eigenvalue weighted by molar-refractivity contribution is 7.99. The molecular formula is C16H21N3S. The molecule has 0 fully saturated rings. The molecule has 0 spiro atoms. The van der Waals surface area contributed by atoms with Crippen molar-refractivity contribution in [2.45, 2.75) is 31.5 Å². The highest BCUT2D eigenvalue weighted by Crippen LogP contribution is 2.22. The van der Waals surface area contributed by atoms with Crippen molar-refractivity contribution in [3.63, 3.8) is 0 Å². The molecule has 0 aliphatic carbocycles. The van der Waals surface area contributed by atoms with Crippen molar-refractivity contribution in [3.05, 3.63) is 53.3 Å². The van der Waals surface area contributed by atoms with Crippen molar-refractivity contribution in [2.24, 2.45) is 0 Å². The van der Waals surface area contributed by atoms with Crippen molar-refractivity contribution in [1.29, 1.82) is 0 Å². The molecule has 1 atom stereocenters. The average Bonchev–Trinajstić information content (AvgIpc) is 2.50. The van der Waals surface area contributed by atoms with E-state index in [1.54, 1.807) is 11.8 Å². The Hall–Kier alpha value is -1.39. The summed E-state index contributed by atoms with van der Waals surface area (Å²) in [4.78, 5) is 8.66. The Bertz CT molecular complexity index is 522. The van der Waals surface area contributed by atoms with E-state index in [1.165, 1.54) is 11.1 Å². The van der Waals surface area contributed by atoms with E-state index in [2.05, 4.69) is 46.5 Å². The van der Waals surface area contributed by atoms with E-state index in [1.807, 2.05) is 26.4 Å². The van der Waals surface area contributed by atoms with E-state index in [-0.39, 0.29) is 0 Å². The van der Waals surface area contributed by atoms with Gasteiger partial charge in [-0.1, -0.05) is 43.0 Å². The normalized spacial score (nSPS) is 12.3. The molecule has 1 N–H and O–H groups in total. The molecule has 4 heteroatoms. The van der Waals surface area contributed by atoms with Gasteiger partial charge in [0.1, 0.15) is 0 Å². The fourth-order valence-corrected chi connectivity index (χ4v) is 2.87. The van der Waals surface area contributed by atoms with Crippen LogP contribution in [0.15, 0.2) is 41.8 Å². The first-order valence-corrected chi connectivity index (χ1v) is 7.89. The summed E-state index contributed by atoms with van der Waals surface area (Å²) in [5, 5.41) is 4.20. The Labute approximate surface area is 125 Å². The second-order valence-corrected chi connectivity index (χ2v) is 5.78. The number of rotatable bonds is 6. The maximum Gasteiger partial charge on any atom is 0.187 e. The van der Waals surface area contributed by atoms with E-state index < -0.39 is 0 Å². The molecule has 1 aromatic carbocycles. The van der Waals surface area contributed by atoms with Crippen LogP contribution in [0.1, 0.15) is 29.7 Å². The molecule has 0 aliphatic rings. The fourth-order valence-electron chi connectivity index (χ4n) is 1.95. The second-order valence-electron chi connectivity index (χ2n) is 4.79. The minimum atomic E-state index is 0.316. The molecule has 3 nitrogen and oxygen atoms in total. The van der Waals surface area contributed by atoms with Crippen LogP contribution >= 0.6 is 11.8 Å². The highest BCUT2D eigenvalue weighted by atomic mass is 32.2. The lowest BCUT2D eigenvalue weighted by Crippen LogP contribution is -2.18. The lowest BCUT2D eigenvalue weighted by atomic mass is 10.1. The van der Waals surface area contributed by atoms with Crippen molar-refractivity contribution in [1.82, 2.24) is 15.3 Å². The maximum absolute atomic E-state index is 4.33. The molecule has 0 saturated heterocycles. The zero-order valence-electron chi connectivity index (χ0n) is 12.3. The molecule has 106 valence electrons. The lowest BCUT2D eigenvalue weighted by Gasteiger charge is -2.16. The van der Waals surface area contributed by atoms with Crippen LogP contribution in [-0.2, 0) is 6.42 Å². The summed E-state index contributed by atoms with van der Waals surface area (Å²) in [6.07, 6.45) is 4.80. The van der Waals surface area contributed by atoms with Gasteiger partial charge in [0, 0.05) is 24.2 Å². The first kappa shape index (κ1) is 15.0. The molecule has 2 rings (SSSR count). The smallest absolute Gasteiger partial charge is 0.187 e. The first-order valence-electron chi connectivity index (χ1n) is 6.90. The van der Waals surface area contributed by atoms with Crippen LogP contribution in [0.2, 0.25) is 0 Å². The number of aryl methyl sites for hydroxylation is 2. The summed E-state index contributed by atoms with van der Waals surface area (Å²) in [5.74, 6) is 0.922. The van der Waals surface area contributed by atoms with Gasteiger partial charge in [-0.2, -0.15) is 0 Å². The zero-order chi connectivity index (χ0) is 14.4. The number of thioether (sulfide) groups is 1. The predicted molar refractivity (Wildman–Crippen MR) is 85.1 cm³/mol. The Morgan fingerprint density at radius 1 is 1.15 bits per heavy atom. The van der Waals surface area contributed by atoms with E-state index in [0.717, 1.165) is 22.9 Å². The van der Waals surface area contributed by atoms with Gasteiger partial charge in [-0.3, -0.25) is 0 Å². The van der Waals surface area contributed by atoms with Crippen LogP contribution in [0, 0.1) is 6.92 Å². The Morgan fingerprint density at radius 2 is 1.80 bits per heavy atom. The van der Waals surface area contributed by atoms with Gasteiger partial charge in [-0.15, -0.1) is 0 Å². The number of nitrogens with one attached hydrogen (secondary N) is 1. The van der Waals surface area contributed by atoms with Gasteiger partial charge in [0.2, 0.25) is 0 Å². The van der Waals surface area contributed by atoms with Crippen molar-refractivity contribution >= 4 is 11.8 Å². The van der Waals surface area contributed by atoms with E-state index in [0.29, 0.717) is 6.04 Å². The van der Waals surface area contributed by atoms with Crippen molar-refractivity contribution in [2.75, 3.05) is 12.8 Å². The molecule has 2 aromatic rings. The summed E-state index contributed by atoms with van der Waals surface area (Å²) < 4.78 is 0. The Balaban J connectivity index is 1.99. The van der Waals surface area contributed by atoms with Crippen molar-refractivity contribution in [3.8, 4) is 0 Å². The van der Waals surface area contributed by atoms with Crippen LogP contribution < -0.4 is 5.32 Å². The topological polar surface area (TPSA) is 37.8 Å². The molecule has 1 heterocycles. The quantitative estimate of drug-likeness (QED) is 0.653. The Kier molecular flexibility index (Phi) is 5.56. The van der Waals surface area contributed by atoms with Gasteiger partial charge in [0.25, 0.3) is 0 Å². The number of aromatic nitrogens is 2. The number of benzene rings is 1.